The maximum Gasteiger partial charge on any atom is 0.0393 e. The van der Waals surface area contributed by atoms with E-state index in [1.54, 1.807) is 0 Å². The van der Waals surface area contributed by atoms with Gasteiger partial charge in [0, 0.05) is 19.3 Å². The summed E-state index contributed by atoms with van der Waals surface area (Å²) in [5, 5.41) is 0. The number of aryl methyl sites for hydroxylation is 1. The molecule has 0 unspecified atom stereocenters. The van der Waals surface area contributed by atoms with Gasteiger partial charge in [0.2, 0.25) is 0 Å². The van der Waals surface area contributed by atoms with Gasteiger partial charge in [-0.25, -0.2) is 0 Å². The molecule has 1 rings (SSSR count). The summed E-state index contributed by atoms with van der Waals surface area (Å²) in [6.07, 6.45) is 2.15. The van der Waals surface area contributed by atoms with E-state index in [0.29, 0.717) is 0 Å². The van der Waals surface area contributed by atoms with Gasteiger partial charge in [-0.05, 0) is 43.5 Å². The number of hydrogen-bond donors (Lipinski definition) is 1. The SMILES string of the molecule is CCCN(C)c1ccc(CCN)cc1C. The Kier molecular flexibility index (Phi) is 4.63. The third-order valence-corrected chi connectivity index (χ3v) is 2.66. The summed E-state index contributed by atoms with van der Waals surface area (Å²) >= 11 is 0. The molecule has 1 aromatic carbocycles. The predicted octanol–water partition coefficient (Wildman–Crippen LogP) is 2.34. The van der Waals surface area contributed by atoms with Crippen LogP contribution in [0.3, 0.4) is 0 Å². The molecular formula is C13H22N2. The summed E-state index contributed by atoms with van der Waals surface area (Å²) in [5.74, 6) is 0. The van der Waals surface area contributed by atoms with Crippen LogP contribution in [0.4, 0.5) is 5.69 Å². The van der Waals surface area contributed by atoms with Gasteiger partial charge in [-0.2, -0.15) is 0 Å². The Bertz CT molecular complexity index is 307. The molecule has 0 heterocycles. The third-order valence-electron chi connectivity index (χ3n) is 2.66. The zero-order valence-corrected chi connectivity index (χ0v) is 10.1. The molecule has 15 heavy (non-hydrogen) atoms. The van der Waals surface area contributed by atoms with E-state index in [1.165, 1.54) is 23.2 Å². The molecule has 2 heteroatoms. The Morgan fingerprint density at radius 2 is 2.07 bits per heavy atom. The fourth-order valence-corrected chi connectivity index (χ4v) is 1.92. The minimum Gasteiger partial charge on any atom is -0.374 e. The minimum atomic E-state index is 0.726. The van der Waals surface area contributed by atoms with E-state index >= 15 is 0 Å². The van der Waals surface area contributed by atoms with E-state index in [9.17, 15) is 0 Å². The van der Waals surface area contributed by atoms with E-state index in [4.69, 9.17) is 5.73 Å². The highest BCUT2D eigenvalue weighted by Gasteiger charge is 2.03. The summed E-state index contributed by atoms with van der Waals surface area (Å²) < 4.78 is 0. The zero-order chi connectivity index (χ0) is 11.3. The van der Waals surface area contributed by atoms with Crippen molar-refractivity contribution in [2.75, 3.05) is 25.0 Å². The van der Waals surface area contributed by atoms with Gasteiger partial charge in [0.05, 0.1) is 0 Å². The van der Waals surface area contributed by atoms with Crippen LogP contribution < -0.4 is 10.6 Å². The maximum atomic E-state index is 5.55. The zero-order valence-electron chi connectivity index (χ0n) is 10.1. The molecule has 0 aromatic heterocycles. The number of nitrogens with zero attached hydrogens (tertiary/aromatic N) is 1. The highest BCUT2D eigenvalue weighted by atomic mass is 15.1. The highest BCUT2D eigenvalue weighted by molar-refractivity contribution is 5.53. The summed E-state index contributed by atoms with van der Waals surface area (Å²) in [7, 11) is 2.15. The van der Waals surface area contributed by atoms with Crippen molar-refractivity contribution in [2.24, 2.45) is 5.73 Å². The van der Waals surface area contributed by atoms with E-state index < -0.39 is 0 Å². The van der Waals surface area contributed by atoms with Crippen molar-refractivity contribution in [1.29, 1.82) is 0 Å². The molecule has 0 radical (unpaired) electrons. The predicted molar refractivity (Wildman–Crippen MR) is 67.5 cm³/mol. The lowest BCUT2D eigenvalue weighted by Gasteiger charge is -2.21. The second kappa shape index (κ2) is 5.76. The Labute approximate surface area is 93.1 Å². The normalized spacial score (nSPS) is 10.4. The fourth-order valence-electron chi connectivity index (χ4n) is 1.92. The Morgan fingerprint density at radius 1 is 1.33 bits per heavy atom. The van der Waals surface area contributed by atoms with Crippen molar-refractivity contribution >= 4 is 5.69 Å². The first-order valence-electron chi connectivity index (χ1n) is 5.69. The molecule has 84 valence electrons. The van der Waals surface area contributed by atoms with E-state index in [0.717, 1.165) is 19.5 Å². The number of anilines is 1. The quantitative estimate of drug-likeness (QED) is 0.801. The summed E-state index contributed by atoms with van der Waals surface area (Å²) in [6, 6.07) is 6.63. The van der Waals surface area contributed by atoms with Crippen LogP contribution in [-0.4, -0.2) is 20.1 Å². The van der Waals surface area contributed by atoms with Gasteiger partial charge in [-0.3, -0.25) is 0 Å². The summed E-state index contributed by atoms with van der Waals surface area (Å²) in [4.78, 5) is 2.31. The Hall–Kier alpha value is -1.02. The molecule has 0 aliphatic heterocycles. The molecule has 0 saturated heterocycles. The van der Waals surface area contributed by atoms with Gasteiger partial charge < -0.3 is 10.6 Å². The molecule has 0 aliphatic carbocycles. The van der Waals surface area contributed by atoms with Crippen molar-refractivity contribution in [3.63, 3.8) is 0 Å². The second-order valence-electron chi connectivity index (χ2n) is 4.08. The fraction of sp³-hybridized carbons (Fsp3) is 0.538. The van der Waals surface area contributed by atoms with Gasteiger partial charge >= 0.3 is 0 Å². The van der Waals surface area contributed by atoms with Crippen LogP contribution in [0.5, 0.6) is 0 Å². The molecule has 0 bridgehead atoms. The molecule has 0 amide bonds. The average molecular weight is 206 g/mol. The molecule has 2 N–H and O–H groups in total. The van der Waals surface area contributed by atoms with Crippen molar-refractivity contribution in [3.8, 4) is 0 Å². The molecule has 0 spiro atoms. The first kappa shape index (κ1) is 12.1. The van der Waals surface area contributed by atoms with Crippen molar-refractivity contribution in [3.05, 3.63) is 29.3 Å². The first-order chi connectivity index (χ1) is 7.19. The number of nitrogens with two attached hydrogens (primary N) is 1. The van der Waals surface area contributed by atoms with Crippen LogP contribution in [-0.2, 0) is 6.42 Å². The van der Waals surface area contributed by atoms with Gasteiger partial charge in [0.1, 0.15) is 0 Å². The Morgan fingerprint density at radius 3 is 2.60 bits per heavy atom. The van der Waals surface area contributed by atoms with Crippen LogP contribution >= 0.6 is 0 Å². The average Bonchev–Trinajstić information content (AvgIpc) is 2.18. The van der Waals surface area contributed by atoms with Crippen LogP contribution in [0.1, 0.15) is 24.5 Å². The minimum absolute atomic E-state index is 0.726. The smallest absolute Gasteiger partial charge is 0.0393 e. The van der Waals surface area contributed by atoms with E-state index in [1.807, 2.05) is 0 Å². The molecule has 0 saturated carbocycles. The maximum absolute atomic E-state index is 5.55. The largest absolute Gasteiger partial charge is 0.374 e. The van der Waals surface area contributed by atoms with Crippen LogP contribution in [0.15, 0.2) is 18.2 Å². The van der Waals surface area contributed by atoms with Crippen molar-refractivity contribution < 1.29 is 0 Å². The number of hydrogen-bond acceptors (Lipinski definition) is 2. The third kappa shape index (κ3) is 3.24. The first-order valence-corrected chi connectivity index (χ1v) is 5.69. The summed E-state index contributed by atoms with van der Waals surface area (Å²) in [6.45, 7) is 6.21. The summed E-state index contributed by atoms with van der Waals surface area (Å²) in [5.41, 5.74) is 9.56. The van der Waals surface area contributed by atoms with Crippen molar-refractivity contribution in [2.45, 2.75) is 26.7 Å². The monoisotopic (exact) mass is 206 g/mol. The van der Waals surface area contributed by atoms with Gasteiger partial charge in [0.15, 0.2) is 0 Å². The van der Waals surface area contributed by atoms with E-state index in [2.05, 4.69) is 44.0 Å². The number of benzene rings is 1. The topological polar surface area (TPSA) is 29.3 Å². The lowest BCUT2D eigenvalue weighted by Crippen LogP contribution is -2.18. The molecule has 1 aromatic rings. The lowest BCUT2D eigenvalue weighted by molar-refractivity contribution is 0.848. The molecule has 0 atom stereocenters. The van der Waals surface area contributed by atoms with Crippen LogP contribution in [0, 0.1) is 6.92 Å². The molecule has 2 nitrogen and oxygen atoms in total. The van der Waals surface area contributed by atoms with Gasteiger partial charge in [-0.1, -0.05) is 19.1 Å². The van der Waals surface area contributed by atoms with Gasteiger partial charge in [0.25, 0.3) is 0 Å². The molecular weight excluding hydrogens is 184 g/mol. The number of rotatable bonds is 5. The van der Waals surface area contributed by atoms with Crippen molar-refractivity contribution in [1.82, 2.24) is 0 Å². The van der Waals surface area contributed by atoms with Gasteiger partial charge in [-0.15, -0.1) is 0 Å². The highest BCUT2D eigenvalue weighted by Crippen LogP contribution is 2.20. The lowest BCUT2D eigenvalue weighted by atomic mass is 10.1. The second-order valence-corrected chi connectivity index (χ2v) is 4.08. The Balaban J connectivity index is 2.82. The van der Waals surface area contributed by atoms with Crippen LogP contribution in [0.2, 0.25) is 0 Å². The molecule has 0 fully saturated rings. The molecule has 0 aliphatic rings. The van der Waals surface area contributed by atoms with E-state index in [-0.39, 0.29) is 0 Å². The standard InChI is InChI=1S/C13H22N2/c1-4-9-15(3)13-6-5-12(7-8-14)10-11(13)2/h5-6,10H,4,7-9,14H2,1-3H3. The van der Waals surface area contributed by atoms with Crippen LogP contribution in [0.25, 0.3) is 0 Å².